The van der Waals surface area contributed by atoms with E-state index in [1.165, 1.54) is 50.9 Å². The Bertz CT molecular complexity index is 650. The summed E-state index contributed by atoms with van der Waals surface area (Å²) in [5, 5.41) is 7.92. The molecule has 1 N–H and O–H groups in total. The standard InChI is InChI=1S/C20H27N3O/c1-15-4-6-16(7-5-15)20-13-18(24-22-20)14-23-11-8-17(9-12-23)19-3-2-10-21-19/h4-7,13,17,19,21H,2-3,8-12,14H2,1H3. The van der Waals surface area contributed by atoms with E-state index in [9.17, 15) is 0 Å². The van der Waals surface area contributed by atoms with Crippen LogP contribution in [0.5, 0.6) is 0 Å². The van der Waals surface area contributed by atoms with Gasteiger partial charge in [0.1, 0.15) is 5.69 Å². The zero-order chi connectivity index (χ0) is 16.4. The number of rotatable bonds is 4. The van der Waals surface area contributed by atoms with Gasteiger partial charge in [0.15, 0.2) is 5.76 Å². The third-order valence-corrected chi connectivity index (χ3v) is 5.59. The van der Waals surface area contributed by atoms with Gasteiger partial charge in [0.05, 0.1) is 6.54 Å². The summed E-state index contributed by atoms with van der Waals surface area (Å²) in [5.74, 6) is 1.84. The van der Waals surface area contributed by atoms with Gasteiger partial charge in [-0.3, -0.25) is 4.90 Å². The topological polar surface area (TPSA) is 41.3 Å². The van der Waals surface area contributed by atoms with E-state index in [0.29, 0.717) is 0 Å². The van der Waals surface area contributed by atoms with Gasteiger partial charge in [-0.1, -0.05) is 35.0 Å². The van der Waals surface area contributed by atoms with Crippen LogP contribution in [0.1, 0.15) is 37.0 Å². The van der Waals surface area contributed by atoms with Crippen LogP contribution in [-0.2, 0) is 6.54 Å². The van der Waals surface area contributed by atoms with E-state index >= 15 is 0 Å². The Balaban J connectivity index is 1.32. The quantitative estimate of drug-likeness (QED) is 0.932. The van der Waals surface area contributed by atoms with Crippen molar-refractivity contribution in [2.75, 3.05) is 19.6 Å². The van der Waals surface area contributed by atoms with Gasteiger partial charge in [0.25, 0.3) is 0 Å². The van der Waals surface area contributed by atoms with Gasteiger partial charge in [0.2, 0.25) is 0 Å². The van der Waals surface area contributed by atoms with Crippen LogP contribution in [0.2, 0.25) is 0 Å². The minimum atomic E-state index is 0.769. The number of likely N-dealkylation sites (tertiary alicyclic amines) is 1. The molecule has 0 saturated carbocycles. The highest BCUT2D eigenvalue weighted by Crippen LogP contribution is 2.27. The molecule has 2 aliphatic rings. The molecule has 1 aromatic heterocycles. The Morgan fingerprint density at radius 2 is 1.96 bits per heavy atom. The molecule has 0 spiro atoms. The van der Waals surface area contributed by atoms with Crippen molar-refractivity contribution in [1.29, 1.82) is 0 Å². The third kappa shape index (κ3) is 3.55. The zero-order valence-electron chi connectivity index (χ0n) is 14.5. The van der Waals surface area contributed by atoms with Crippen LogP contribution in [0.15, 0.2) is 34.9 Å². The lowest BCUT2D eigenvalue weighted by Crippen LogP contribution is -2.40. The Labute approximate surface area is 144 Å². The van der Waals surface area contributed by atoms with E-state index in [2.05, 4.69) is 52.6 Å². The van der Waals surface area contributed by atoms with Crippen LogP contribution < -0.4 is 5.32 Å². The molecule has 1 aromatic carbocycles. The van der Waals surface area contributed by atoms with Gasteiger partial charge in [0, 0.05) is 17.7 Å². The minimum Gasteiger partial charge on any atom is -0.359 e. The molecule has 128 valence electrons. The molecular formula is C20H27N3O. The molecule has 0 aliphatic carbocycles. The highest BCUT2D eigenvalue weighted by Gasteiger charge is 2.28. The van der Waals surface area contributed by atoms with Crippen LogP contribution in [-0.4, -0.2) is 35.7 Å². The molecule has 24 heavy (non-hydrogen) atoms. The average molecular weight is 325 g/mol. The third-order valence-electron chi connectivity index (χ3n) is 5.59. The van der Waals surface area contributed by atoms with Crippen molar-refractivity contribution in [3.05, 3.63) is 41.7 Å². The van der Waals surface area contributed by atoms with Crippen molar-refractivity contribution < 1.29 is 4.52 Å². The first kappa shape index (κ1) is 15.9. The van der Waals surface area contributed by atoms with Gasteiger partial charge in [-0.2, -0.15) is 0 Å². The first-order valence-corrected chi connectivity index (χ1v) is 9.26. The predicted octanol–water partition coefficient (Wildman–Crippen LogP) is 3.61. The fraction of sp³-hybridized carbons (Fsp3) is 0.550. The Morgan fingerprint density at radius 1 is 1.17 bits per heavy atom. The molecule has 2 aromatic rings. The van der Waals surface area contributed by atoms with Gasteiger partial charge >= 0.3 is 0 Å². The highest BCUT2D eigenvalue weighted by molar-refractivity contribution is 5.59. The highest BCUT2D eigenvalue weighted by atomic mass is 16.5. The summed E-state index contributed by atoms with van der Waals surface area (Å²) in [4.78, 5) is 2.50. The predicted molar refractivity (Wildman–Crippen MR) is 95.7 cm³/mol. The second-order valence-corrected chi connectivity index (χ2v) is 7.36. The van der Waals surface area contributed by atoms with E-state index in [1.54, 1.807) is 0 Å². The van der Waals surface area contributed by atoms with Crippen LogP contribution in [0, 0.1) is 12.8 Å². The van der Waals surface area contributed by atoms with Crippen molar-refractivity contribution in [3.8, 4) is 11.3 Å². The normalized spacial score (nSPS) is 23.0. The largest absolute Gasteiger partial charge is 0.359 e. The maximum absolute atomic E-state index is 5.57. The van der Waals surface area contributed by atoms with Crippen LogP contribution in [0.25, 0.3) is 11.3 Å². The van der Waals surface area contributed by atoms with Crippen molar-refractivity contribution in [1.82, 2.24) is 15.4 Å². The van der Waals surface area contributed by atoms with Gasteiger partial charge in [-0.15, -0.1) is 0 Å². The molecule has 0 radical (unpaired) electrons. The number of aromatic nitrogens is 1. The average Bonchev–Trinajstić information content (AvgIpc) is 3.28. The second kappa shape index (κ2) is 7.08. The molecule has 1 atom stereocenters. The number of hydrogen-bond acceptors (Lipinski definition) is 4. The van der Waals surface area contributed by atoms with Crippen molar-refractivity contribution in [2.24, 2.45) is 5.92 Å². The minimum absolute atomic E-state index is 0.769. The lowest BCUT2D eigenvalue weighted by molar-refractivity contribution is 0.145. The van der Waals surface area contributed by atoms with E-state index in [4.69, 9.17) is 4.52 Å². The lowest BCUT2D eigenvalue weighted by Gasteiger charge is -2.34. The van der Waals surface area contributed by atoms with Crippen LogP contribution in [0.3, 0.4) is 0 Å². The second-order valence-electron chi connectivity index (χ2n) is 7.36. The number of piperidine rings is 1. The smallest absolute Gasteiger partial charge is 0.151 e. The summed E-state index contributed by atoms with van der Waals surface area (Å²) in [6, 6.07) is 11.3. The zero-order valence-corrected chi connectivity index (χ0v) is 14.5. The number of aryl methyl sites for hydroxylation is 1. The number of nitrogens with one attached hydrogen (secondary N) is 1. The molecule has 0 amide bonds. The first-order valence-electron chi connectivity index (χ1n) is 9.26. The maximum atomic E-state index is 5.57. The fourth-order valence-electron chi connectivity index (χ4n) is 4.10. The fourth-order valence-corrected chi connectivity index (χ4v) is 4.10. The van der Waals surface area contributed by atoms with E-state index in [1.807, 2.05) is 0 Å². The molecule has 3 heterocycles. The Kier molecular flexibility index (Phi) is 4.67. The SMILES string of the molecule is Cc1ccc(-c2cc(CN3CCC(C4CCCN4)CC3)on2)cc1. The lowest BCUT2D eigenvalue weighted by atomic mass is 9.88. The molecule has 0 bridgehead atoms. The van der Waals surface area contributed by atoms with Crippen LogP contribution >= 0.6 is 0 Å². The summed E-state index contributed by atoms with van der Waals surface area (Å²) in [6.45, 7) is 6.53. The van der Waals surface area contributed by atoms with E-state index in [-0.39, 0.29) is 0 Å². The molecule has 2 saturated heterocycles. The van der Waals surface area contributed by atoms with Crippen molar-refractivity contribution >= 4 is 0 Å². The summed E-state index contributed by atoms with van der Waals surface area (Å²) >= 11 is 0. The maximum Gasteiger partial charge on any atom is 0.151 e. The summed E-state index contributed by atoms with van der Waals surface area (Å²) in [7, 11) is 0. The van der Waals surface area contributed by atoms with Gasteiger partial charge in [-0.25, -0.2) is 0 Å². The molecule has 2 aliphatic heterocycles. The summed E-state index contributed by atoms with van der Waals surface area (Å²) < 4.78 is 5.57. The molecule has 2 fully saturated rings. The molecular weight excluding hydrogens is 298 g/mol. The summed E-state index contributed by atoms with van der Waals surface area (Å²) in [6.07, 6.45) is 5.32. The summed E-state index contributed by atoms with van der Waals surface area (Å²) in [5.41, 5.74) is 3.33. The number of hydrogen-bond donors (Lipinski definition) is 1. The number of benzene rings is 1. The van der Waals surface area contributed by atoms with E-state index in [0.717, 1.165) is 35.5 Å². The van der Waals surface area contributed by atoms with Gasteiger partial charge < -0.3 is 9.84 Å². The Morgan fingerprint density at radius 3 is 2.67 bits per heavy atom. The molecule has 1 unspecified atom stereocenters. The van der Waals surface area contributed by atoms with E-state index < -0.39 is 0 Å². The van der Waals surface area contributed by atoms with Crippen LogP contribution in [0.4, 0.5) is 0 Å². The molecule has 4 heteroatoms. The molecule has 4 nitrogen and oxygen atoms in total. The van der Waals surface area contributed by atoms with Crippen molar-refractivity contribution in [3.63, 3.8) is 0 Å². The van der Waals surface area contributed by atoms with Crippen molar-refractivity contribution in [2.45, 2.75) is 45.2 Å². The molecule has 4 rings (SSSR count). The monoisotopic (exact) mass is 325 g/mol. The first-order chi connectivity index (χ1) is 11.8. The number of nitrogens with zero attached hydrogens (tertiary/aromatic N) is 2. The van der Waals surface area contributed by atoms with Gasteiger partial charge in [-0.05, 0) is 58.2 Å². The Hall–Kier alpha value is -1.65.